The summed E-state index contributed by atoms with van der Waals surface area (Å²) >= 11 is 0. The molecule has 8 rings (SSSR count). The van der Waals surface area contributed by atoms with Gasteiger partial charge in [0.2, 0.25) is 5.91 Å². The molecule has 4 heterocycles. The number of aliphatic hydroxyl groups is 1. The van der Waals surface area contributed by atoms with Crippen LogP contribution in [0.5, 0.6) is 11.5 Å². The molecular weight excluding hydrogens is 781 g/mol. The molecule has 5 aromatic rings. The number of hydrogen-bond acceptors (Lipinski definition) is 9. The fraction of sp³-hybridized carbons (Fsp3) is 0.326. The van der Waals surface area contributed by atoms with Crippen LogP contribution in [0.1, 0.15) is 35.6 Å². The number of carbonyl (C=O) groups excluding carboxylic acids is 2. The van der Waals surface area contributed by atoms with Crippen molar-refractivity contribution in [3.63, 3.8) is 0 Å². The van der Waals surface area contributed by atoms with Crippen molar-refractivity contribution in [3.05, 3.63) is 152 Å². The summed E-state index contributed by atoms with van der Waals surface area (Å²) in [5.74, 6) is -0.230. The molecule has 3 aliphatic heterocycles. The molecule has 1 spiro atoms. The van der Waals surface area contributed by atoms with E-state index >= 15 is 4.79 Å². The lowest BCUT2D eigenvalue weighted by molar-refractivity contribution is -0.385. The van der Waals surface area contributed by atoms with Crippen molar-refractivity contribution in [1.29, 1.82) is 0 Å². The first-order valence-corrected chi connectivity index (χ1v) is 23.1. The Morgan fingerprint density at radius 2 is 1.70 bits per heavy atom. The molecule has 0 radical (unpaired) electrons. The molecule has 0 unspecified atom stereocenters. The summed E-state index contributed by atoms with van der Waals surface area (Å²) in [5, 5.41) is 23.9. The minimum atomic E-state index is -2.69. The summed E-state index contributed by atoms with van der Waals surface area (Å²) in [4.78, 5) is 58.5. The summed E-state index contributed by atoms with van der Waals surface area (Å²) in [6.45, 7) is 6.59. The van der Waals surface area contributed by atoms with Crippen LogP contribution in [0.3, 0.4) is 0 Å². The molecule has 0 saturated carbocycles. The number of methoxy groups -OCH3 is 2. The highest BCUT2D eigenvalue weighted by atomic mass is 28.3. The van der Waals surface area contributed by atoms with Crippen LogP contribution in [0.25, 0.3) is 5.69 Å². The number of nitro groups is 1. The van der Waals surface area contributed by atoms with E-state index in [-0.39, 0.29) is 53.9 Å². The maximum Gasteiger partial charge on any atom is 0.297 e. The van der Waals surface area contributed by atoms with Crippen LogP contribution in [0, 0.1) is 16.0 Å². The van der Waals surface area contributed by atoms with Gasteiger partial charge in [0.15, 0.2) is 11.4 Å². The zero-order chi connectivity index (χ0) is 42.5. The Bertz CT molecular complexity index is 2540. The topological polar surface area (TPSA) is 154 Å². The SMILES string of the molecule is COc1ccc([Si](C)(C)[C@@H]2[C@@H](CC(=O)N3Cc4ccccc4C[C@H]3CO)O[C@]3(C(=O)N(Cc4cccc(-n5cccc(OC)c5=O)c4)c4ccc([N+](=O)[O-])cc43)[C@H]2C)cc1. The lowest BCUT2D eigenvalue weighted by atomic mass is 9.82. The monoisotopic (exact) mass is 828 g/mol. The Morgan fingerprint density at radius 3 is 2.40 bits per heavy atom. The van der Waals surface area contributed by atoms with Gasteiger partial charge >= 0.3 is 0 Å². The van der Waals surface area contributed by atoms with Crippen molar-refractivity contribution in [3.8, 4) is 17.2 Å². The number of nitrogens with zero attached hydrogens (tertiary/aromatic N) is 4. The summed E-state index contributed by atoms with van der Waals surface area (Å²) < 4.78 is 19.4. The zero-order valence-electron chi connectivity index (χ0n) is 34.2. The van der Waals surface area contributed by atoms with Gasteiger partial charge in [-0.05, 0) is 71.1 Å². The molecule has 4 aromatic carbocycles. The molecule has 1 aromatic heterocycles. The molecule has 60 heavy (non-hydrogen) atoms. The van der Waals surface area contributed by atoms with Crippen LogP contribution < -0.4 is 25.1 Å². The van der Waals surface area contributed by atoms with E-state index in [1.54, 1.807) is 53.4 Å². The highest BCUT2D eigenvalue weighted by Crippen LogP contribution is 2.60. The number of hydrogen-bond donors (Lipinski definition) is 1. The van der Waals surface area contributed by atoms with Crippen molar-refractivity contribution in [2.75, 3.05) is 25.7 Å². The third kappa shape index (κ3) is 6.78. The van der Waals surface area contributed by atoms with Gasteiger partial charge in [-0.3, -0.25) is 29.1 Å². The van der Waals surface area contributed by atoms with Gasteiger partial charge in [0.25, 0.3) is 17.2 Å². The van der Waals surface area contributed by atoms with E-state index in [1.165, 1.54) is 23.8 Å². The average molecular weight is 829 g/mol. The quantitative estimate of drug-likeness (QED) is 0.0980. The minimum Gasteiger partial charge on any atom is -0.497 e. The Hall–Kier alpha value is -6.09. The summed E-state index contributed by atoms with van der Waals surface area (Å²) in [6, 6.07) is 30.4. The van der Waals surface area contributed by atoms with Gasteiger partial charge in [-0.15, -0.1) is 0 Å². The van der Waals surface area contributed by atoms with E-state index < -0.39 is 36.7 Å². The van der Waals surface area contributed by atoms with Crippen LogP contribution in [-0.4, -0.2) is 72.4 Å². The number of aliphatic hydroxyl groups excluding tert-OH is 1. The number of ether oxygens (including phenoxy) is 3. The average Bonchev–Trinajstić information content (AvgIpc) is 3.68. The van der Waals surface area contributed by atoms with Gasteiger partial charge < -0.3 is 29.1 Å². The number of amides is 2. The fourth-order valence-electron chi connectivity index (χ4n) is 9.92. The van der Waals surface area contributed by atoms with E-state index in [0.29, 0.717) is 41.2 Å². The van der Waals surface area contributed by atoms with Crippen molar-refractivity contribution >= 4 is 36.4 Å². The molecule has 1 saturated heterocycles. The number of anilines is 1. The van der Waals surface area contributed by atoms with Crippen molar-refractivity contribution < 1.29 is 33.8 Å². The summed E-state index contributed by atoms with van der Waals surface area (Å²) in [6.07, 6.45) is 1.34. The minimum absolute atomic E-state index is 0.0586. The van der Waals surface area contributed by atoms with Crippen molar-refractivity contribution in [2.45, 2.75) is 69.2 Å². The lowest BCUT2D eigenvalue weighted by Gasteiger charge is -2.39. The van der Waals surface area contributed by atoms with E-state index in [1.807, 2.05) is 67.6 Å². The van der Waals surface area contributed by atoms with E-state index in [2.05, 4.69) is 13.1 Å². The first-order chi connectivity index (χ1) is 28.8. The Morgan fingerprint density at radius 1 is 0.950 bits per heavy atom. The van der Waals surface area contributed by atoms with Crippen LogP contribution in [0.15, 0.2) is 114 Å². The lowest BCUT2D eigenvalue weighted by Crippen LogP contribution is -2.52. The van der Waals surface area contributed by atoms with E-state index in [4.69, 9.17) is 14.2 Å². The predicted octanol–water partition coefficient (Wildman–Crippen LogP) is 5.86. The van der Waals surface area contributed by atoms with Gasteiger partial charge in [-0.25, -0.2) is 0 Å². The third-order valence-electron chi connectivity index (χ3n) is 13.0. The van der Waals surface area contributed by atoms with Gasteiger partial charge in [-0.2, -0.15) is 0 Å². The third-order valence-corrected chi connectivity index (χ3v) is 17.3. The number of aromatic nitrogens is 1. The first-order valence-electron chi connectivity index (χ1n) is 20.1. The Balaban J connectivity index is 1.21. The highest BCUT2D eigenvalue weighted by molar-refractivity contribution is 6.91. The maximum absolute atomic E-state index is 15.5. The van der Waals surface area contributed by atoms with Crippen molar-refractivity contribution in [1.82, 2.24) is 9.47 Å². The second kappa shape index (κ2) is 15.8. The molecule has 13 nitrogen and oxygen atoms in total. The number of benzene rings is 4. The maximum atomic E-state index is 15.5. The molecule has 0 aliphatic carbocycles. The van der Waals surface area contributed by atoms with Gasteiger partial charge in [0, 0.05) is 42.0 Å². The number of fused-ring (bicyclic) bond motifs is 3. The largest absolute Gasteiger partial charge is 0.497 e. The zero-order valence-corrected chi connectivity index (χ0v) is 35.2. The standard InChI is InChI=1S/C46H48N4O9Si/c1-29-43(60(4,5)37-18-16-36(57-2)17-19-37)41(25-42(52)48-27-32-12-7-6-11-31(32)23-35(48)28-51)59-46(29)38-24-34(50(55)56)15-20-39(38)49(45(46)54)26-30-10-8-13-33(22-30)47-21-9-14-40(58-3)44(47)53/h6-22,24,29,35,41,43,51H,23,25-28H2,1-5H3/t29-,35-,41+,43-,46+/m0/s1. The molecular formula is C46H48N4O9Si. The number of carbonyl (C=O) groups is 2. The molecule has 3 aliphatic rings. The van der Waals surface area contributed by atoms with Crippen LogP contribution in [0.4, 0.5) is 11.4 Å². The highest BCUT2D eigenvalue weighted by Gasteiger charge is 2.67. The predicted molar refractivity (Wildman–Crippen MR) is 229 cm³/mol. The van der Waals surface area contributed by atoms with Crippen molar-refractivity contribution in [2.24, 2.45) is 5.92 Å². The number of pyridine rings is 1. The van der Waals surface area contributed by atoms with Crippen LogP contribution >= 0.6 is 0 Å². The summed E-state index contributed by atoms with van der Waals surface area (Å²) in [5.41, 5.74) is 1.73. The smallest absolute Gasteiger partial charge is 0.297 e. The molecule has 2 amide bonds. The van der Waals surface area contributed by atoms with Crippen LogP contribution in [0.2, 0.25) is 18.6 Å². The second-order valence-corrected chi connectivity index (χ2v) is 21.2. The van der Waals surface area contributed by atoms with E-state index in [9.17, 15) is 24.8 Å². The van der Waals surface area contributed by atoms with Gasteiger partial charge in [0.1, 0.15) is 5.75 Å². The fourth-order valence-corrected chi connectivity index (χ4v) is 13.9. The van der Waals surface area contributed by atoms with Gasteiger partial charge in [0.05, 0.1) is 64.6 Å². The molecule has 310 valence electrons. The van der Waals surface area contributed by atoms with Crippen LogP contribution in [-0.2, 0) is 39.4 Å². The molecule has 1 N–H and O–H groups in total. The summed E-state index contributed by atoms with van der Waals surface area (Å²) in [7, 11) is 0.354. The van der Waals surface area contributed by atoms with Gasteiger partial charge in [-0.1, -0.05) is 73.7 Å². The molecule has 14 heteroatoms. The molecule has 5 atom stereocenters. The number of nitro benzene ring substituents is 1. The second-order valence-electron chi connectivity index (χ2n) is 16.5. The normalized spacial score (nSPS) is 22.1. The first kappa shape index (κ1) is 40.7. The molecule has 0 bridgehead atoms. The Labute approximate surface area is 348 Å². The Kier molecular flexibility index (Phi) is 10.7. The number of rotatable bonds is 11. The van der Waals surface area contributed by atoms with E-state index in [0.717, 1.165) is 16.3 Å². The number of non-ortho nitro benzene ring substituents is 1. The molecule has 1 fully saturated rings.